The van der Waals surface area contributed by atoms with Gasteiger partial charge in [0.2, 0.25) is 0 Å². The van der Waals surface area contributed by atoms with Crippen LogP contribution in [0.2, 0.25) is 5.02 Å². The first-order valence-electron chi connectivity index (χ1n) is 10.2. The van der Waals surface area contributed by atoms with Crippen LogP contribution in [0.15, 0.2) is 73.2 Å². The molecule has 0 atom stereocenters. The maximum atomic E-state index is 12.3. The Hall–Kier alpha value is -4.17. The van der Waals surface area contributed by atoms with E-state index in [0.717, 1.165) is 16.8 Å². The second-order valence-corrected chi connectivity index (χ2v) is 7.80. The third-order valence-corrected chi connectivity index (χ3v) is 4.94. The quantitative estimate of drug-likeness (QED) is 0.271. The Kier molecular flexibility index (Phi) is 6.66. The van der Waals surface area contributed by atoms with E-state index >= 15 is 0 Å². The summed E-state index contributed by atoms with van der Waals surface area (Å²) in [5, 5.41) is 12.4. The number of hydrogen-bond acceptors (Lipinski definition) is 6. The highest BCUT2D eigenvalue weighted by Crippen LogP contribution is 2.24. The van der Waals surface area contributed by atoms with E-state index in [1.54, 1.807) is 36.5 Å². The van der Waals surface area contributed by atoms with Gasteiger partial charge in [-0.05, 0) is 73.5 Å². The van der Waals surface area contributed by atoms with Gasteiger partial charge in [0.1, 0.15) is 23.8 Å². The number of carbonyl (C=O) groups is 1. The predicted molar refractivity (Wildman–Crippen MR) is 133 cm³/mol. The summed E-state index contributed by atoms with van der Waals surface area (Å²) in [6, 6.07) is 18.0. The third kappa shape index (κ3) is 6.18. The van der Waals surface area contributed by atoms with Gasteiger partial charge in [0.25, 0.3) is 0 Å². The van der Waals surface area contributed by atoms with Crippen molar-refractivity contribution < 1.29 is 4.79 Å². The summed E-state index contributed by atoms with van der Waals surface area (Å²) in [6.45, 7) is 3.94. The molecule has 4 aromatic rings. The molecule has 2 aromatic heterocycles. The van der Waals surface area contributed by atoms with Crippen LogP contribution in [0.5, 0.6) is 0 Å². The minimum Gasteiger partial charge on any atom is -0.340 e. The summed E-state index contributed by atoms with van der Waals surface area (Å²) in [6.07, 6.45) is 3.21. The van der Waals surface area contributed by atoms with Crippen LogP contribution in [0.3, 0.4) is 0 Å². The van der Waals surface area contributed by atoms with Gasteiger partial charge in [0.15, 0.2) is 0 Å². The van der Waals surface area contributed by atoms with Crippen LogP contribution in [0.1, 0.15) is 11.1 Å². The van der Waals surface area contributed by atoms with E-state index in [1.807, 2.05) is 44.2 Å². The number of carbonyl (C=O) groups excluding carboxylic acids is 1. The van der Waals surface area contributed by atoms with Gasteiger partial charge in [-0.2, -0.15) is 0 Å². The van der Waals surface area contributed by atoms with E-state index in [0.29, 0.717) is 33.9 Å². The third-order valence-electron chi connectivity index (χ3n) is 4.63. The lowest BCUT2D eigenvalue weighted by molar-refractivity contribution is 0.262. The van der Waals surface area contributed by atoms with Gasteiger partial charge in [-0.3, -0.25) is 0 Å². The van der Waals surface area contributed by atoms with Crippen molar-refractivity contribution in [2.24, 2.45) is 0 Å². The molecule has 9 heteroatoms. The number of rotatable bonds is 6. The number of nitrogens with one attached hydrogen (secondary N) is 4. The normalized spacial score (nSPS) is 10.4. The van der Waals surface area contributed by atoms with Crippen LogP contribution in [0.25, 0.3) is 0 Å². The number of hydrogen-bond donors (Lipinski definition) is 4. The highest BCUT2D eigenvalue weighted by Gasteiger charge is 2.07. The van der Waals surface area contributed by atoms with E-state index in [1.165, 1.54) is 6.33 Å². The minimum atomic E-state index is -0.377. The number of urea groups is 1. The average molecular weight is 460 g/mol. The highest BCUT2D eigenvalue weighted by molar-refractivity contribution is 6.33. The number of anilines is 6. The number of amides is 2. The molecule has 2 heterocycles. The number of pyridine rings is 1. The Bertz CT molecular complexity index is 1280. The summed E-state index contributed by atoms with van der Waals surface area (Å²) in [7, 11) is 0. The molecule has 0 saturated carbocycles. The van der Waals surface area contributed by atoms with Crippen LogP contribution < -0.4 is 21.3 Å². The molecule has 0 unspecified atom stereocenters. The van der Waals surface area contributed by atoms with E-state index in [2.05, 4.69) is 36.2 Å². The average Bonchev–Trinajstić information content (AvgIpc) is 2.77. The second kappa shape index (κ2) is 9.97. The van der Waals surface area contributed by atoms with Crippen LogP contribution in [-0.2, 0) is 0 Å². The SMILES string of the molecule is Cc1ccnc(Nc2cc(Nc3ccc(NC(=O)Nc4ccc(C)cc4Cl)cc3)ncn2)c1. The van der Waals surface area contributed by atoms with Gasteiger partial charge in [-0.25, -0.2) is 19.7 Å². The standard InChI is InChI=1S/C24H22ClN7O/c1-15-3-8-20(19(25)11-15)31-24(33)30-18-6-4-17(5-7-18)29-22-13-23(28-14-27-22)32-21-12-16(2)9-10-26-21/h3-14H,1-2H3,(H2,30,31,33)(H2,26,27,28,29,32). The molecular formula is C24H22ClN7O. The zero-order chi connectivity index (χ0) is 23.2. The zero-order valence-corrected chi connectivity index (χ0v) is 18.8. The molecule has 0 radical (unpaired) electrons. The number of aryl methyl sites for hydroxylation is 2. The molecule has 0 bridgehead atoms. The van der Waals surface area contributed by atoms with Gasteiger partial charge in [-0.15, -0.1) is 0 Å². The first-order valence-corrected chi connectivity index (χ1v) is 10.6. The molecule has 0 fully saturated rings. The van der Waals surface area contributed by atoms with Crippen LogP contribution >= 0.6 is 11.6 Å². The van der Waals surface area contributed by atoms with Crippen LogP contribution in [0.4, 0.5) is 39.3 Å². The number of nitrogens with zero attached hydrogens (tertiary/aromatic N) is 3. The lowest BCUT2D eigenvalue weighted by atomic mass is 10.2. The van der Waals surface area contributed by atoms with Crippen LogP contribution in [-0.4, -0.2) is 21.0 Å². The van der Waals surface area contributed by atoms with E-state index in [4.69, 9.17) is 11.6 Å². The molecule has 2 amide bonds. The first kappa shape index (κ1) is 22.0. The van der Waals surface area contributed by atoms with E-state index in [9.17, 15) is 4.79 Å². The van der Waals surface area contributed by atoms with Crippen molar-refractivity contribution in [3.8, 4) is 0 Å². The maximum Gasteiger partial charge on any atom is 0.323 e. The van der Waals surface area contributed by atoms with Gasteiger partial charge in [-0.1, -0.05) is 17.7 Å². The summed E-state index contributed by atoms with van der Waals surface area (Å²) >= 11 is 6.17. The molecule has 0 aliphatic carbocycles. The van der Waals surface area contributed by atoms with Crippen molar-refractivity contribution in [3.63, 3.8) is 0 Å². The van der Waals surface area contributed by atoms with Crippen molar-refractivity contribution in [2.75, 3.05) is 21.3 Å². The molecular weight excluding hydrogens is 438 g/mol. The molecule has 0 saturated heterocycles. The Morgan fingerprint density at radius 3 is 2.12 bits per heavy atom. The molecule has 0 aliphatic rings. The lowest BCUT2D eigenvalue weighted by Crippen LogP contribution is -2.19. The maximum absolute atomic E-state index is 12.3. The van der Waals surface area contributed by atoms with Gasteiger partial charge in [0, 0.05) is 23.6 Å². The van der Waals surface area contributed by atoms with Crippen molar-refractivity contribution in [2.45, 2.75) is 13.8 Å². The monoisotopic (exact) mass is 459 g/mol. The molecule has 166 valence electrons. The van der Waals surface area contributed by atoms with Gasteiger partial charge >= 0.3 is 6.03 Å². The summed E-state index contributed by atoms with van der Waals surface area (Å²) in [5.74, 6) is 1.95. The summed E-state index contributed by atoms with van der Waals surface area (Å²) < 4.78 is 0. The lowest BCUT2D eigenvalue weighted by Gasteiger charge is -2.11. The molecule has 2 aromatic carbocycles. The Morgan fingerprint density at radius 1 is 0.727 bits per heavy atom. The fraction of sp³-hybridized carbons (Fsp3) is 0.0833. The fourth-order valence-electron chi connectivity index (χ4n) is 3.02. The smallest absolute Gasteiger partial charge is 0.323 e. The van der Waals surface area contributed by atoms with Crippen molar-refractivity contribution in [1.82, 2.24) is 15.0 Å². The topological polar surface area (TPSA) is 104 Å². The van der Waals surface area contributed by atoms with Gasteiger partial charge in [0.05, 0.1) is 10.7 Å². The Labute approximate surface area is 196 Å². The molecule has 8 nitrogen and oxygen atoms in total. The van der Waals surface area contributed by atoms with E-state index in [-0.39, 0.29) is 6.03 Å². The fourth-order valence-corrected chi connectivity index (χ4v) is 3.30. The molecule has 0 aliphatic heterocycles. The zero-order valence-electron chi connectivity index (χ0n) is 18.1. The van der Waals surface area contributed by atoms with Gasteiger partial charge < -0.3 is 21.3 Å². The predicted octanol–water partition coefficient (Wildman–Crippen LogP) is 6.27. The number of benzene rings is 2. The number of halogens is 1. The van der Waals surface area contributed by atoms with Crippen molar-refractivity contribution >= 4 is 52.1 Å². The summed E-state index contributed by atoms with van der Waals surface area (Å²) in [5.41, 5.74) is 4.11. The Morgan fingerprint density at radius 2 is 1.39 bits per heavy atom. The minimum absolute atomic E-state index is 0.377. The van der Waals surface area contributed by atoms with E-state index < -0.39 is 0 Å². The van der Waals surface area contributed by atoms with Crippen LogP contribution in [0, 0.1) is 13.8 Å². The molecule has 4 N–H and O–H groups in total. The molecule has 4 rings (SSSR count). The molecule has 0 spiro atoms. The summed E-state index contributed by atoms with van der Waals surface area (Å²) in [4.78, 5) is 25.0. The Balaban J connectivity index is 1.36. The second-order valence-electron chi connectivity index (χ2n) is 7.40. The highest BCUT2D eigenvalue weighted by atomic mass is 35.5. The molecule has 33 heavy (non-hydrogen) atoms. The van der Waals surface area contributed by atoms with Crippen molar-refractivity contribution in [3.05, 3.63) is 89.3 Å². The first-order chi connectivity index (χ1) is 15.9. The number of aromatic nitrogens is 3. The van der Waals surface area contributed by atoms with Crippen molar-refractivity contribution in [1.29, 1.82) is 0 Å². The largest absolute Gasteiger partial charge is 0.340 e.